The lowest BCUT2D eigenvalue weighted by atomic mass is 10.1. The van der Waals surface area contributed by atoms with E-state index in [1.807, 2.05) is 35.8 Å². The van der Waals surface area contributed by atoms with Crippen LogP contribution >= 0.6 is 11.6 Å². The van der Waals surface area contributed by atoms with Crippen LogP contribution in [0.4, 0.5) is 0 Å². The van der Waals surface area contributed by atoms with Crippen LogP contribution in [0.2, 0.25) is 5.02 Å². The number of phenolic OH excluding ortho intramolecular Hbond substituents is 1. The highest BCUT2D eigenvalue weighted by Gasteiger charge is 2.21. The predicted molar refractivity (Wildman–Crippen MR) is 119 cm³/mol. The second kappa shape index (κ2) is 7.72. The molecule has 2 heterocycles. The van der Waals surface area contributed by atoms with E-state index in [0.717, 1.165) is 16.7 Å². The fourth-order valence-electron chi connectivity index (χ4n) is 3.62. The molecule has 0 bridgehead atoms. The van der Waals surface area contributed by atoms with E-state index in [4.69, 9.17) is 16.3 Å². The van der Waals surface area contributed by atoms with Crippen molar-refractivity contribution in [3.8, 4) is 11.5 Å². The highest BCUT2D eigenvalue weighted by molar-refractivity contribution is 6.32. The van der Waals surface area contributed by atoms with Gasteiger partial charge in [-0.05, 0) is 42.8 Å². The first-order chi connectivity index (χ1) is 14.5. The third-order valence-electron chi connectivity index (χ3n) is 4.95. The molecule has 0 fully saturated rings. The molecule has 152 valence electrons. The summed E-state index contributed by atoms with van der Waals surface area (Å²) in [5.74, 6) is -0.0747. The van der Waals surface area contributed by atoms with E-state index in [1.54, 1.807) is 28.8 Å². The number of allylic oxidation sites excluding steroid dienone is 2. The van der Waals surface area contributed by atoms with Gasteiger partial charge in [-0.25, -0.2) is 4.52 Å². The minimum atomic E-state index is -0.182. The number of benzene rings is 2. The van der Waals surface area contributed by atoms with Crippen molar-refractivity contribution in [2.75, 3.05) is 7.11 Å². The number of methoxy groups -OCH3 is 1. The molecule has 0 radical (unpaired) electrons. The van der Waals surface area contributed by atoms with E-state index in [-0.39, 0.29) is 22.3 Å². The number of halogens is 1. The third-order valence-corrected chi connectivity index (χ3v) is 5.24. The molecule has 0 saturated carbocycles. The van der Waals surface area contributed by atoms with Crippen molar-refractivity contribution >= 4 is 40.1 Å². The number of aromatic nitrogens is 3. The summed E-state index contributed by atoms with van der Waals surface area (Å²) in [7, 11) is 1.44. The molecule has 0 aliphatic rings. The molecule has 0 atom stereocenters. The summed E-state index contributed by atoms with van der Waals surface area (Å²) in [5, 5.41) is 14.6. The molecule has 4 aromatic rings. The number of ether oxygens (including phenoxy) is 1. The molecule has 2 aromatic heterocycles. The van der Waals surface area contributed by atoms with Crippen molar-refractivity contribution < 1.29 is 14.6 Å². The average Bonchev–Trinajstić information content (AvgIpc) is 3.22. The first kappa shape index (κ1) is 19.8. The number of aryl methyl sites for hydroxylation is 1. The Morgan fingerprint density at radius 2 is 2.03 bits per heavy atom. The van der Waals surface area contributed by atoms with Crippen molar-refractivity contribution in [3.05, 3.63) is 77.0 Å². The molecular formula is C23H20ClN3O3. The second-order valence-corrected chi connectivity index (χ2v) is 7.24. The molecule has 2 aromatic carbocycles. The first-order valence-electron chi connectivity index (χ1n) is 9.32. The van der Waals surface area contributed by atoms with Crippen molar-refractivity contribution in [3.63, 3.8) is 0 Å². The van der Waals surface area contributed by atoms with Crippen LogP contribution in [0.25, 0.3) is 22.8 Å². The minimum absolute atomic E-state index is 0.134. The van der Waals surface area contributed by atoms with Crippen LogP contribution in [-0.2, 0) is 6.54 Å². The van der Waals surface area contributed by atoms with E-state index < -0.39 is 0 Å². The molecular weight excluding hydrogens is 402 g/mol. The van der Waals surface area contributed by atoms with E-state index in [0.29, 0.717) is 23.4 Å². The van der Waals surface area contributed by atoms with Gasteiger partial charge in [-0.3, -0.25) is 4.79 Å². The maximum atomic E-state index is 13.2. The number of hydrogen-bond acceptors (Lipinski definition) is 4. The van der Waals surface area contributed by atoms with Crippen LogP contribution in [0.15, 0.2) is 55.1 Å². The van der Waals surface area contributed by atoms with Crippen LogP contribution < -0.4 is 4.74 Å². The summed E-state index contributed by atoms with van der Waals surface area (Å²) in [4.78, 5) is 13.2. The molecule has 6 nitrogen and oxygen atoms in total. The van der Waals surface area contributed by atoms with Crippen molar-refractivity contribution in [1.29, 1.82) is 0 Å². The standard InChI is InChI=1S/C23H20ClN3O3/c1-4-11-26-17-7-5-6-8-18(17)27-23(26)21(14(2)25-27)19(28)10-9-15-12-16(24)22(29)20(13-15)30-3/h4-10,12-13,29H,1,11H2,2-3H3/b10-9+. The number of fused-ring (bicyclic) bond motifs is 3. The number of ketones is 1. The number of aromatic hydroxyl groups is 1. The summed E-state index contributed by atoms with van der Waals surface area (Å²) in [6.07, 6.45) is 4.91. The zero-order valence-electron chi connectivity index (χ0n) is 16.6. The predicted octanol–water partition coefficient (Wildman–Crippen LogP) is 5.05. The number of rotatable bonds is 6. The zero-order chi connectivity index (χ0) is 21.4. The van der Waals surface area contributed by atoms with Gasteiger partial charge in [0.25, 0.3) is 0 Å². The highest BCUT2D eigenvalue weighted by Crippen LogP contribution is 2.35. The normalized spacial score (nSPS) is 11.6. The van der Waals surface area contributed by atoms with E-state index in [1.165, 1.54) is 13.2 Å². The van der Waals surface area contributed by atoms with Gasteiger partial charge in [0.05, 0.1) is 34.4 Å². The molecule has 7 heteroatoms. The van der Waals surface area contributed by atoms with Crippen LogP contribution in [0.3, 0.4) is 0 Å². The Morgan fingerprint density at radius 3 is 2.73 bits per heavy atom. The maximum absolute atomic E-state index is 13.2. The van der Waals surface area contributed by atoms with Gasteiger partial charge in [-0.15, -0.1) is 6.58 Å². The van der Waals surface area contributed by atoms with E-state index in [9.17, 15) is 9.90 Å². The number of phenols is 1. The van der Waals surface area contributed by atoms with Gasteiger partial charge >= 0.3 is 0 Å². The topological polar surface area (TPSA) is 68.8 Å². The lowest BCUT2D eigenvalue weighted by Gasteiger charge is -2.06. The molecule has 0 aliphatic heterocycles. The van der Waals surface area contributed by atoms with Gasteiger partial charge in [-0.1, -0.05) is 35.9 Å². The second-order valence-electron chi connectivity index (χ2n) is 6.83. The fraction of sp³-hybridized carbons (Fsp3) is 0.130. The molecule has 4 rings (SSSR count). The minimum Gasteiger partial charge on any atom is -0.503 e. The zero-order valence-corrected chi connectivity index (χ0v) is 17.3. The monoisotopic (exact) mass is 421 g/mol. The van der Waals surface area contributed by atoms with Crippen molar-refractivity contribution in [1.82, 2.24) is 14.2 Å². The lowest BCUT2D eigenvalue weighted by molar-refractivity contribution is 0.104. The Bertz CT molecular complexity index is 1330. The highest BCUT2D eigenvalue weighted by atomic mass is 35.5. The van der Waals surface area contributed by atoms with Gasteiger partial charge in [0.1, 0.15) is 5.65 Å². The Hall–Kier alpha value is -3.51. The number of para-hydroxylation sites is 2. The molecule has 0 unspecified atom stereocenters. The van der Waals surface area contributed by atoms with Crippen LogP contribution in [0.5, 0.6) is 11.5 Å². The molecule has 0 amide bonds. The first-order valence-corrected chi connectivity index (χ1v) is 9.70. The van der Waals surface area contributed by atoms with E-state index >= 15 is 0 Å². The number of hydrogen-bond donors (Lipinski definition) is 1. The van der Waals surface area contributed by atoms with Gasteiger partial charge in [0.2, 0.25) is 0 Å². The van der Waals surface area contributed by atoms with Gasteiger partial charge in [0, 0.05) is 6.54 Å². The van der Waals surface area contributed by atoms with Crippen LogP contribution in [-0.4, -0.2) is 32.2 Å². The summed E-state index contributed by atoms with van der Waals surface area (Å²) < 4.78 is 8.95. The van der Waals surface area contributed by atoms with Gasteiger partial charge in [0.15, 0.2) is 17.3 Å². The summed E-state index contributed by atoms with van der Waals surface area (Å²) >= 11 is 6.04. The van der Waals surface area contributed by atoms with E-state index in [2.05, 4.69) is 11.7 Å². The average molecular weight is 422 g/mol. The lowest BCUT2D eigenvalue weighted by Crippen LogP contribution is -2.02. The van der Waals surface area contributed by atoms with Crippen LogP contribution in [0, 0.1) is 6.92 Å². The van der Waals surface area contributed by atoms with Gasteiger partial charge < -0.3 is 14.4 Å². The molecule has 0 aliphatic carbocycles. The molecule has 0 saturated heterocycles. The smallest absolute Gasteiger partial charge is 0.191 e. The van der Waals surface area contributed by atoms with Gasteiger partial charge in [-0.2, -0.15) is 5.10 Å². The molecule has 1 N–H and O–H groups in total. The van der Waals surface area contributed by atoms with Crippen molar-refractivity contribution in [2.24, 2.45) is 0 Å². The Labute approximate surface area is 178 Å². The Morgan fingerprint density at radius 1 is 1.30 bits per heavy atom. The van der Waals surface area contributed by atoms with Crippen LogP contribution in [0.1, 0.15) is 21.6 Å². The number of carbonyl (C=O) groups excluding carboxylic acids is 1. The Kier molecular flexibility index (Phi) is 5.10. The summed E-state index contributed by atoms with van der Waals surface area (Å²) in [6.45, 7) is 6.22. The van der Waals surface area contributed by atoms with Crippen molar-refractivity contribution in [2.45, 2.75) is 13.5 Å². The number of imidazole rings is 1. The number of carbonyl (C=O) groups is 1. The summed E-state index contributed by atoms with van der Waals surface area (Å²) in [6, 6.07) is 11.1. The number of nitrogens with zero attached hydrogens (tertiary/aromatic N) is 3. The third kappa shape index (κ3) is 3.15. The Balaban J connectivity index is 1.82. The summed E-state index contributed by atoms with van der Waals surface area (Å²) in [5.41, 5.74) is 4.44. The quantitative estimate of drug-likeness (QED) is 0.269. The SMILES string of the molecule is C=CCn1c2ccccc2n2nc(C)c(C(=O)/C=C/c3cc(Cl)c(O)c(OC)c3)c12. The molecule has 0 spiro atoms. The molecule has 30 heavy (non-hydrogen) atoms. The fourth-order valence-corrected chi connectivity index (χ4v) is 3.84. The maximum Gasteiger partial charge on any atom is 0.191 e. The largest absolute Gasteiger partial charge is 0.503 e.